The summed E-state index contributed by atoms with van der Waals surface area (Å²) in [5.41, 5.74) is 3.76. The highest BCUT2D eigenvalue weighted by Crippen LogP contribution is 2.33. The molecule has 0 bridgehead atoms. The molecule has 0 spiro atoms. The van der Waals surface area contributed by atoms with Crippen LogP contribution in [-0.4, -0.2) is 54.3 Å². The number of aliphatic imine (C=N–C) groups is 1. The number of anilines is 1. The van der Waals surface area contributed by atoms with Gasteiger partial charge in [-0.05, 0) is 18.9 Å². The maximum atomic E-state index is 5.64. The van der Waals surface area contributed by atoms with Gasteiger partial charge < -0.3 is 20.1 Å². The lowest BCUT2D eigenvalue weighted by Crippen LogP contribution is -2.35. The molecule has 8 nitrogen and oxygen atoms in total. The van der Waals surface area contributed by atoms with Crippen LogP contribution in [0.25, 0.3) is 22.0 Å². The van der Waals surface area contributed by atoms with E-state index >= 15 is 0 Å². The molecule has 0 fully saturated rings. The second kappa shape index (κ2) is 9.29. The lowest BCUT2D eigenvalue weighted by molar-refractivity contribution is 0.144. The van der Waals surface area contributed by atoms with Gasteiger partial charge in [-0.3, -0.25) is 4.99 Å². The van der Waals surface area contributed by atoms with Gasteiger partial charge in [0.2, 0.25) is 5.88 Å². The van der Waals surface area contributed by atoms with Crippen molar-refractivity contribution in [3.8, 4) is 27.8 Å². The predicted octanol–water partition coefficient (Wildman–Crippen LogP) is 3.42. The fraction of sp³-hybridized carbons (Fsp3) is 0.368. The van der Waals surface area contributed by atoms with Crippen molar-refractivity contribution in [2.24, 2.45) is 4.99 Å². The average Bonchev–Trinajstić information content (AvgIpc) is 3.40. The van der Waals surface area contributed by atoms with Crippen molar-refractivity contribution >= 4 is 33.8 Å². The SMILES string of the molecule is COCCOc1cc(-c2nc(-c3csc(NC4=NCCCN4)n3)cs2)c(C)cn1. The Morgan fingerprint density at radius 1 is 1.17 bits per heavy atom. The highest BCUT2D eigenvalue weighted by molar-refractivity contribution is 7.14. The van der Waals surface area contributed by atoms with E-state index in [1.807, 2.05) is 23.8 Å². The van der Waals surface area contributed by atoms with Crippen LogP contribution in [0.2, 0.25) is 0 Å². The first-order valence-corrected chi connectivity index (χ1v) is 11.0. The molecule has 29 heavy (non-hydrogen) atoms. The van der Waals surface area contributed by atoms with Gasteiger partial charge in [-0.15, -0.1) is 22.7 Å². The van der Waals surface area contributed by atoms with Crippen LogP contribution < -0.4 is 15.4 Å². The molecule has 0 amide bonds. The molecule has 4 heterocycles. The average molecular weight is 431 g/mol. The number of hydrogen-bond acceptors (Lipinski definition) is 10. The van der Waals surface area contributed by atoms with E-state index in [-0.39, 0.29) is 0 Å². The lowest BCUT2D eigenvalue weighted by Gasteiger charge is -2.13. The third-order valence-electron chi connectivity index (χ3n) is 4.24. The summed E-state index contributed by atoms with van der Waals surface area (Å²) < 4.78 is 10.7. The summed E-state index contributed by atoms with van der Waals surface area (Å²) in [5, 5.41) is 12.2. The van der Waals surface area contributed by atoms with Crippen molar-refractivity contribution in [1.29, 1.82) is 0 Å². The van der Waals surface area contributed by atoms with Gasteiger partial charge >= 0.3 is 0 Å². The first kappa shape index (κ1) is 19.7. The summed E-state index contributed by atoms with van der Waals surface area (Å²) in [4.78, 5) is 18.2. The lowest BCUT2D eigenvalue weighted by atomic mass is 10.2. The molecule has 0 saturated carbocycles. The quantitative estimate of drug-likeness (QED) is 0.555. The molecule has 0 radical (unpaired) electrons. The molecule has 0 unspecified atom stereocenters. The van der Waals surface area contributed by atoms with E-state index in [9.17, 15) is 0 Å². The molecule has 4 rings (SSSR count). The molecule has 0 saturated heterocycles. The fourth-order valence-electron chi connectivity index (χ4n) is 2.72. The Labute approximate surface area is 177 Å². The van der Waals surface area contributed by atoms with Gasteiger partial charge in [0.1, 0.15) is 23.0 Å². The molecule has 1 aliphatic heterocycles. The minimum Gasteiger partial charge on any atom is -0.475 e. The van der Waals surface area contributed by atoms with E-state index in [0.717, 1.165) is 58.1 Å². The zero-order chi connectivity index (χ0) is 20.1. The minimum absolute atomic E-state index is 0.462. The zero-order valence-electron chi connectivity index (χ0n) is 16.3. The van der Waals surface area contributed by atoms with Gasteiger partial charge in [0.15, 0.2) is 11.1 Å². The standard InChI is InChI=1S/C19H22N6O2S2/c1-12-9-22-16(27-7-6-26-2)8-13(12)17-23-14(10-28-17)15-11-29-19(24-15)25-18-20-4-3-5-21-18/h8-11H,3-7H2,1-2H3,(H2,20,21,24,25). The number of guanidine groups is 1. The molecular weight excluding hydrogens is 408 g/mol. The Kier molecular flexibility index (Phi) is 6.33. The Hall–Kier alpha value is -2.56. The number of aryl methyl sites for hydroxylation is 1. The van der Waals surface area contributed by atoms with Crippen LogP contribution >= 0.6 is 22.7 Å². The van der Waals surface area contributed by atoms with Crippen molar-refractivity contribution in [3.63, 3.8) is 0 Å². The number of pyridine rings is 1. The molecule has 152 valence electrons. The van der Waals surface area contributed by atoms with E-state index in [0.29, 0.717) is 19.1 Å². The summed E-state index contributed by atoms with van der Waals surface area (Å²) >= 11 is 3.12. The Balaban J connectivity index is 1.50. The van der Waals surface area contributed by atoms with Gasteiger partial charge in [-0.2, -0.15) is 0 Å². The Morgan fingerprint density at radius 3 is 2.86 bits per heavy atom. The number of hydrogen-bond donors (Lipinski definition) is 2. The van der Waals surface area contributed by atoms with Crippen LogP contribution in [0.3, 0.4) is 0 Å². The minimum atomic E-state index is 0.462. The number of aromatic nitrogens is 3. The first-order chi connectivity index (χ1) is 14.2. The first-order valence-electron chi connectivity index (χ1n) is 9.28. The van der Waals surface area contributed by atoms with Crippen molar-refractivity contribution < 1.29 is 9.47 Å². The van der Waals surface area contributed by atoms with E-state index in [2.05, 4.69) is 25.6 Å². The summed E-state index contributed by atoms with van der Waals surface area (Å²) in [6.07, 6.45) is 2.87. The predicted molar refractivity (Wildman–Crippen MR) is 117 cm³/mol. The van der Waals surface area contributed by atoms with Crippen LogP contribution in [0.15, 0.2) is 28.0 Å². The van der Waals surface area contributed by atoms with Crippen molar-refractivity contribution in [3.05, 3.63) is 28.6 Å². The van der Waals surface area contributed by atoms with E-state index in [1.165, 1.54) is 11.3 Å². The van der Waals surface area contributed by atoms with Crippen molar-refractivity contribution in [2.75, 3.05) is 38.7 Å². The van der Waals surface area contributed by atoms with Crippen LogP contribution in [0, 0.1) is 6.92 Å². The van der Waals surface area contributed by atoms with Gasteiger partial charge in [0.05, 0.1) is 6.61 Å². The summed E-state index contributed by atoms with van der Waals surface area (Å²) in [7, 11) is 1.65. The van der Waals surface area contributed by atoms with Crippen LogP contribution in [-0.2, 0) is 4.74 Å². The maximum Gasteiger partial charge on any atom is 0.213 e. The number of ether oxygens (including phenoxy) is 2. The second-order valence-electron chi connectivity index (χ2n) is 6.39. The highest BCUT2D eigenvalue weighted by atomic mass is 32.1. The van der Waals surface area contributed by atoms with E-state index < -0.39 is 0 Å². The van der Waals surface area contributed by atoms with Crippen LogP contribution in [0.5, 0.6) is 5.88 Å². The smallest absolute Gasteiger partial charge is 0.213 e. The zero-order valence-corrected chi connectivity index (χ0v) is 17.9. The summed E-state index contributed by atoms with van der Waals surface area (Å²) in [6, 6.07) is 1.93. The van der Waals surface area contributed by atoms with Gasteiger partial charge in [-0.25, -0.2) is 15.0 Å². The molecule has 0 aromatic carbocycles. The number of thiazole rings is 2. The summed E-state index contributed by atoms with van der Waals surface area (Å²) in [6.45, 7) is 4.77. The van der Waals surface area contributed by atoms with Gasteiger partial charge in [0.25, 0.3) is 0 Å². The normalized spacial score (nSPS) is 13.7. The number of nitrogens with zero attached hydrogens (tertiary/aromatic N) is 4. The van der Waals surface area contributed by atoms with Crippen molar-refractivity contribution in [1.82, 2.24) is 20.3 Å². The molecule has 0 atom stereocenters. The Bertz CT molecular complexity index is 1000. The van der Waals surface area contributed by atoms with Gasteiger partial charge in [0, 0.05) is 48.8 Å². The van der Waals surface area contributed by atoms with Crippen LogP contribution in [0.1, 0.15) is 12.0 Å². The number of nitrogens with one attached hydrogen (secondary N) is 2. The molecular formula is C19H22N6O2S2. The van der Waals surface area contributed by atoms with E-state index in [1.54, 1.807) is 24.6 Å². The topological polar surface area (TPSA) is 93.5 Å². The Morgan fingerprint density at radius 2 is 2.03 bits per heavy atom. The maximum absolute atomic E-state index is 5.64. The highest BCUT2D eigenvalue weighted by Gasteiger charge is 2.14. The van der Waals surface area contributed by atoms with Gasteiger partial charge in [-0.1, -0.05) is 0 Å². The fourth-order valence-corrected chi connectivity index (χ4v) is 4.32. The monoisotopic (exact) mass is 430 g/mol. The third-order valence-corrected chi connectivity index (χ3v) is 5.87. The number of methoxy groups -OCH3 is 1. The molecule has 1 aliphatic rings. The second-order valence-corrected chi connectivity index (χ2v) is 8.11. The number of rotatable bonds is 7. The van der Waals surface area contributed by atoms with Crippen molar-refractivity contribution in [2.45, 2.75) is 13.3 Å². The largest absolute Gasteiger partial charge is 0.475 e. The molecule has 3 aromatic rings. The third kappa shape index (κ3) is 4.89. The van der Waals surface area contributed by atoms with Crippen LogP contribution in [0.4, 0.5) is 5.13 Å². The molecule has 3 aromatic heterocycles. The molecule has 10 heteroatoms. The molecule has 2 N–H and O–H groups in total. The molecule has 0 aliphatic carbocycles. The summed E-state index contributed by atoms with van der Waals surface area (Å²) in [5.74, 6) is 1.35. The van der Waals surface area contributed by atoms with E-state index in [4.69, 9.17) is 14.5 Å².